The second kappa shape index (κ2) is 7.41. The van der Waals surface area contributed by atoms with E-state index in [9.17, 15) is 9.59 Å². The number of nitrogens with zero attached hydrogens (tertiary/aromatic N) is 2. The molecule has 1 aliphatic carbocycles. The lowest BCUT2D eigenvalue weighted by Crippen LogP contribution is -2.52. The zero-order valence-corrected chi connectivity index (χ0v) is 14.9. The van der Waals surface area contributed by atoms with Gasteiger partial charge in [-0.2, -0.15) is 0 Å². The first-order valence-corrected chi connectivity index (χ1v) is 9.26. The number of aromatic nitrogens is 1. The van der Waals surface area contributed by atoms with Gasteiger partial charge in [0.15, 0.2) is 0 Å². The quantitative estimate of drug-likeness (QED) is 0.925. The molecule has 0 unspecified atom stereocenters. The molecule has 3 rings (SSSR count). The molecule has 1 aliphatic heterocycles. The van der Waals surface area contributed by atoms with Crippen LogP contribution in [0.15, 0.2) is 6.07 Å². The molecule has 0 radical (unpaired) electrons. The Balaban J connectivity index is 1.50. The van der Waals surface area contributed by atoms with Gasteiger partial charge >= 0.3 is 0 Å². The minimum absolute atomic E-state index is 0.168. The molecule has 132 valence electrons. The Morgan fingerprint density at radius 1 is 1.04 bits per heavy atom. The molecule has 1 N–H and O–H groups in total. The molecule has 0 aromatic carbocycles. The molecule has 5 heteroatoms. The molecule has 1 aromatic heterocycles. The number of amides is 2. The predicted molar refractivity (Wildman–Crippen MR) is 93.7 cm³/mol. The standard InChI is InChI=1S/C19H29N3O2/c1-14-12-17(15(2)20-14)13-18(23)21-8-10-22(11-9-21)19(24)16-6-4-3-5-7-16/h12,16,20H,3-11,13H2,1-2H3. The van der Waals surface area contributed by atoms with Crippen LogP contribution in [0.5, 0.6) is 0 Å². The van der Waals surface area contributed by atoms with E-state index in [0.717, 1.165) is 29.8 Å². The Kier molecular flexibility index (Phi) is 5.27. The van der Waals surface area contributed by atoms with Gasteiger partial charge < -0.3 is 14.8 Å². The van der Waals surface area contributed by atoms with Crippen LogP contribution in [0.4, 0.5) is 0 Å². The lowest BCUT2D eigenvalue weighted by atomic mass is 9.88. The van der Waals surface area contributed by atoms with Crippen molar-refractivity contribution in [3.05, 3.63) is 23.0 Å². The van der Waals surface area contributed by atoms with Crippen LogP contribution in [0.3, 0.4) is 0 Å². The van der Waals surface area contributed by atoms with Crippen LogP contribution in [0.25, 0.3) is 0 Å². The third-order valence-electron chi connectivity index (χ3n) is 5.50. The van der Waals surface area contributed by atoms with Gasteiger partial charge in [-0.3, -0.25) is 9.59 Å². The fourth-order valence-corrected chi connectivity index (χ4v) is 4.02. The van der Waals surface area contributed by atoms with E-state index in [4.69, 9.17) is 0 Å². The van der Waals surface area contributed by atoms with E-state index in [1.54, 1.807) is 0 Å². The normalized spacial score (nSPS) is 19.6. The number of aryl methyl sites for hydroxylation is 2. The number of carbonyl (C=O) groups excluding carboxylic acids is 2. The van der Waals surface area contributed by atoms with Gasteiger partial charge in [-0.25, -0.2) is 0 Å². The van der Waals surface area contributed by atoms with Gasteiger partial charge in [0.2, 0.25) is 11.8 Å². The first kappa shape index (κ1) is 17.1. The molecule has 2 aliphatic rings. The summed E-state index contributed by atoms with van der Waals surface area (Å²) in [5.74, 6) is 0.715. The van der Waals surface area contributed by atoms with E-state index in [1.165, 1.54) is 19.3 Å². The van der Waals surface area contributed by atoms with Gasteiger partial charge in [0.1, 0.15) is 0 Å². The Labute approximate surface area is 144 Å². The van der Waals surface area contributed by atoms with Crippen LogP contribution in [0, 0.1) is 19.8 Å². The summed E-state index contributed by atoms with van der Waals surface area (Å²) in [5, 5.41) is 0. The average Bonchev–Trinajstić information content (AvgIpc) is 2.92. The molecule has 1 saturated carbocycles. The van der Waals surface area contributed by atoms with Crippen LogP contribution in [-0.4, -0.2) is 52.8 Å². The summed E-state index contributed by atoms with van der Waals surface area (Å²) in [5.41, 5.74) is 3.25. The van der Waals surface area contributed by atoms with Crippen molar-refractivity contribution in [2.45, 2.75) is 52.4 Å². The molecule has 1 aromatic rings. The van der Waals surface area contributed by atoms with Crippen molar-refractivity contribution in [2.75, 3.05) is 26.2 Å². The number of nitrogens with one attached hydrogen (secondary N) is 1. The van der Waals surface area contributed by atoms with Crippen molar-refractivity contribution in [3.63, 3.8) is 0 Å². The zero-order chi connectivity index (χ0) is 17.1. The third kappa shape index (κ3) is 3.82. The molecule has 2 fully saturated rings. The fourth-order valence-electron chi connectivity index (χ4n) is 4.02. The summed E-state index contributed by atoms with van der Waals surface area (Å²) in [6.07, 6.45) is 6.18. The van der Waals surface area contributed by atoms with Crippen molar-refractivity contribution >= 4 is 11.8 Å². The average molecular weight is 331 g/mol. The van der Waals surface area contributed by atoms with E-state index in [2.05, 4.69) is 11.1 Å². The summed E-state index contributed by atoms with van der Waals surface area (Å²) < 4.78 is 0. The summed E-state index contributed by atoms with van der Waals surface area (Å²) in [4.78, 5) is 32.2. The van der Waals surface area contributed by atoms with E-state index in [0.29, 0.717) is 38.5 Å². The van der Waals surface area contributed by atoms with Gasteiger partial charge in [-0.05, 0) is 38.3 Å². The highest BCUT2D eigenvalue weighted by molar-refractivity contribution is 5.81. The second-order valence-corrected chi connectivity index (χ2v) is 7.32. The minimum Gasteiger partial charge on any atom is -0.362 e. The highest BCUT2D eigenvalue weighted by Crippen LogP contribution is 2.26. The molecule has 0 atom stereocenters. The summed E-state index contributed by atoms with van der Waals surface area (Å²) in [7, 11) is 0. The smallest absolute Gasteiger partial charge is 0.227 e. The molecular weight excluding hydrogens is 302 g/mol. The van der Waals surface area contributed by atoms with Crippen molar-refractivity contribution in [1.29, 1.82) is 0 Å². The topological polar surface area (TPSA) is 56.4 Å². The third-order valence-corrected chi connectivity index (χ3v) is 5.50. The minimum atomic E-state index is 0.168. The molecule has 1 saturated heterocycles. The largest absolute Gasteiger partial charge is 0.362 e. The molecule has 24 heavy (non-hydrogen) atoms. The summed E-state index contributed by atoms with van der Waals surface area (Å²) in [6.45, 7) is 6.73. The molecule has 0 spiro atoms. The first-order valence-electron chi connectivity index (χ1n) is 9.26. The number of aromatic amines is 1. The number of piperazine rings is 1. The second-order valence-electron chi connectivity index (χ2n) is 7.32. The van der Waals surface area contributed by atoms with Gasteiger partial charge in [0.05, 0.1) is 6.42 Å². The predicted octanol–water partition coefficient (Wildman–Crippen LogP) is 2.43. The Hall–Kier alpha value is -1.78. The maximum atomic E-state index is 12.6. The van der Waals surface area contributed by atoms with Crippen molar-refractivity contribution in [3.8, 4) is 0 Å². The highest BCUT2D eigenvalue weighted by Gasteiger charge is 2.29. The lowest BCUT2D eigenvalue weighted by Gasteiger charge is -2.37. The molecule has 0 bridgehead atoms. The first-order chi connectivity index (χ1) is 11.5. The number of hydrogen-bond acceptors (Lipinski definition) is 2. The SMILES string of the molecule is Cc1cc(CC(=O)N2CCN(C(=O)C3CCCCC3)CC2)c(C)[nH]1. The van der Waals surface area contributed by atoms with Crippen LogP contribution < -0.4 is 0 Å². The highest BCUT2D eigenvalue weighted by atomic mass is 16.2. The zero-order valence-electron chi connectivity index (χ0n) is 14.9. The van der Waals surface area contributed by atoms with Crippen LogP contribution in [-0.2, 0) is 16.0 Å². The van der Waals surface area contributed by atoms with E-state index >= 15 is 0 Å². The lowest BCUT2D eigenvalue weighted by molar-refractivity contribution is -0.142. The Bertz CT molecular complexity index is 594. The van der Waals surface area contributed by atoms with Gasteiger partial charge in [0, 0.05) is 43.5 Å². The van der Waals surface area contributed by atoms with E-state index < -0.39 is 0 Å². The van der Waals surface area contributed by atoms with Crippen LogP contribution in [0.2, 0.25) is 0 Å². The van der Waals surface area contributed by atoms with E-state index in [1.807, 2.05) is 23.6 Å². The fraction of sp³-hybridized carbons (Fsp3) is 0.684. The molecule has 2 amide bonds. The number of H-pyrrole nitrogens is 1. The van der Waals surface area contributed by atoms with Crippen molar-refractivity contribution < 1.29 is 9.59 Å². The number of carbonyl (C=O) groups is 2. The van der Waals surface area contributed by atoms with Gasteiger partial charge in [-0.15, -0.1) is 0 Å². The maximum absolute atomic E-state index is 12.6. The van der Waals surface area contributed by atoms with Crippen LogP contribution in [0.1, 0.15) is 49.1 Å². The Morgan fingerprint density at radius 2 is 1.67 bits per heavy atom. The summed E-state index contributed by atoms with van der Waals surface area (Å²) in [6, 6.07) is 2.05. The van der Waals surface area contributed by atoms with Crippen molar-refractivity contribution in [2.24, 2.45) is 5.92 Å². The maximum Gasteiger partial charge on any atom is 0.227 e. The Morgan fingerprint density at radius 3 is 2.25 bits per heavy atom. The molecule has 5 nitrogen and oxygen atoms in total. The summed E-state index contributed by atoms with van der Waals surface area (Å²) >= 11 is 0. The van der Waals surface area contributed by atoms with Crippen LogP contribution >= 0.6 is 0 Å². The van der Waals surface area contributed by atoms with Gasteiger partial charge in [-0.1, -0.05) is 19.3 Å². The van der Waals surface area contributed by atoms with E-state index in [-0.39, 0.29) is 11.8 Å². The molecular formula is C19H29N3O2. The monoisotopic (exact) mass is 331 g/mol. The van der Waals surface area contributed by atoms with Gasteiger partial charge in [0.25, 0.3) is 0 Å². The van der Waals surface area contributed by atoms with Crippen molar-refractivity contribution in [1.82, 2.24) is 14.8 Å². The molecule has 2 heterocycles. The number of rotatable bonds is 3. The number of hydrogen-bond donors (Lipinski definition) is 1.